The van der Waals surface area contributed by atoms with Gasteiger partial charge in [0.2, 0.25) is 0 Å². The summed E-state index contributed by atoms with van der Waals surface area (Å²) in [4.78, 5) is 0. The Morgan fingerprint density at radius 1 is 1.05 bits per heavy atom. The topological polar surface area (TPSA) is 9.23 Å². The molecule has 0 radical (unpaired) electrons. The molecule has 0 unspecified atom stereocenters. The van der Waals surface area contributed by atoms with Crippen molar-refractivity contribution in [1.82, 2.24) is 0 Å². The first-order chi connectivity index (χ1) is 9.83. The summed E-state index contributed by atoms with van der Waals surface area (Å²) < 4.78 is 40.8. The lowest BCUT2D eigenvalue weighted by Gasteiger charge is -2.10. The molecule has 0 saturated heterocycles. The van der Waals surface area contributed by atoms with Crippen LogP contribution in [0.4, 0.5) is 13.2 Å². The molecule has 0 fully saturated rings. The van der Waals surface area contributed by atoms with Gasteiger partial charge in [-0.3, -0.25) is 0 Å². The Labute approximate surface area is 127 Å². The zero-order chi connectivity index (χ0) is 15.5. The second-order valence-corrected chi connectivity index (χ2v) is 5.23. The molecule has 0 bridgehead atoms. The minimum Gasteiger partial charge on any atom is -0.484 e. The highest BCUT2D eigenvalue weighted by Crippen LogP contribution is 2.21. The first-order valence-electron chi connectivity index (χ1n) is 6.37. The van der Waals surface area contributed by atoms with Crippen LogP contribution in [0.3, 0.4) is 0 Å². The third-order valence-electron chi connectivity index (χ3n) is 2.92. The van der Waals surface area contributed by atoms with E-state index < -0.39 is 12.8 Å². The lowest BCUT2D eigenvalue weighted by Crippen LogP contribution is -2.19. The van der Waals surface area contributed by atoms with Gasteiger partial charge < -0.3 is 4.74 Å². The molecule has 0 atom stereocenters. The number of alkyl halides is 3. The van der Waals surface area contributed by atoms with Gasteiger partial charge in [-0.25, -0.2) is 0 Å². The number of rotatable bonds is 4. The van der Waals surface area contributed by atoms with Crippen molar-refractivity contribution in [2.45, 2.75) is 12.6 Å². The minimum absolute atomic E-state index is 0.200. The van der Waals surface area contributed by atoms with E-state index in [1.54, 1.807) is 12.1 Å². The number of hydrogen-bond donors (Lipinski definition) is 0. The fourth-order valence-electron chi connectivity index (χ4n) is 1.93. The second kappa shape index (κ2) is 6.44. The Bertz CT molecular complexity index is 611. The molecule has 2 rings (SSSR count). The van der Waals surface area contributed by atoms with Crippen molar-refractivity contribution in [2.24, 2.45) is 0 Å². The molecular weight excluding hydrogens is 299 g/mol. The van der Waals surface area contributed by atoms with Crippen molar-refractivity contribution in [3.05, 3.63) is 58.6 Å². The van der Waals surface area contributed by atoms with Crippen LogP contribution in [-0.2, 0) is 6.42 Å². The zero-order valence-electron chi connectivity index (χ0n) is 11.4. The van der Waals surface area contributed by atoms with Gasteiger partial charge in [-0.1, -0.05) is 41.3 Å². The highest BCUT2D eigenvalue weighted by Gasteiger charge is 2.28. The molecule has 110 valence electrons. The lowest BCUT2D eigenvalue weighted by molar-refractivity contribution is -0.153. The summed E-state index contributed by atoms with van der Waals surface area (Å²) >= 11 is 6.13. The SMILES string of the molecule is Bc1ccc(Cl)c(Cc2ccc(OCC(F)(F)F)cc2)c1. The summed E-state index contributed by atoms with van der Waals surface area (Å²) in [5, 5.41) is 0.679. The van der Waals surface area contributed by atoms with Crippen molar-refractivity contribution < 1.29 is 17.9 Å². The quantitative estimate of drug-likeness (QED) is 0.788. The molecule has 0 heterocycles. The molecule has 2 aromatic carbocycles. The molecular formula is C15H13BClF3O. The Balaban J connectivity index is 2.04. The fraction of sp³-hybridized carbons (Fsp3) is 0.200. The van der Waals surface area contributed by atoms with Gasteiger partial charge in [0.1, 0.15) is 13.6 Å². The molecule has 21 heavy (non-hydrogen) atoms. The van der Waals surface area contributed by atoms with Gasteiger partial charge in [-0.05, 0) is 35.7 Å². The largest absolute Gasteiger partial charge is 0.484 e. The van der Waals surface area contributed by atoms with Crippen LogP contribution in [0.15, 0.2) is 42.5 Å². The normalized spacial score (nSPS) is 11.4. The minimum atomic E-state index is -4.33. The molecule has 0 aromatic heterocycles. The van der Waals surface area contributed by atoms with E-state index in [-0.39, 0.29) is 5.75 Å². The van der Waals surface area contributed by atoms with Crippen molar-refractivity contribution in [2.75, 3.05) is 6.61 Å². The summed E-state index contributed by atoms with van der Waals surface area (Å²) in [6, 6.07) is 12.3. The standard InChI is InChI=1S/C15H13BClF3O/c16-12-3-6-14(17)11(8-12)7-10-1-4-13(5-2-10)21-9-15(18,19)20/h1-6,8H,7,9,16H2. The van der Waals surface area contributed by atoms with Gasteiger partial charge in [-0.15, -0.1) is 0 Å². The van der Waals surface area contributed by atoms with Gasteiger partial charge in [-0.2, -0.15) is 13.2 Å². The van der Waals surface area contributed by atoms with E-state index in [4.69, 9.17) is 11.6 Å². The van der Waals surface area contributed by atoms with E-state index in [1.165, 1.54) is 12.1 Å². The maximum Gasteiger partial charge on any atom is 0.422 e. The predicted octanol–water partition coefficient (Wildman–Crippen LogP) is 3.13. The van der Waals surface area contributed by atoms with Crippen LogP contribution in [0.25, 0.3) is 0 Å². The smallest absolute Gasteiger partial charge is 0.422 e. The van der Waals surface area contributed by atoms with E-state index in [0.29, 0.717) is 11.4 Å². The Kier molecular flexibility index (Phi) is 4.83. The maximum absolute atomic E-state index is 12.1. The van der Waals surface area contributed by atoms with Gasteiger partial charge >= 0.3 is 6.18 Å². The van der Waals surface area contributed by atoms with Crippen LogP contribution >= 0.6 is 11.6 Å². The van der Waals surface area contributed by atoms with Crippen molar-refractivity contribution in [3.63, 3.8) is 0 Å². The Morgan fingerprint density at radius 3 is 2.33 bits per heavy atom. The monoisotopic (exact) mass is 312 g/mol. The first kappa shape index (κ1) is 15.8. The molecule has 0 amide bonds. The zero-order valence-corrected chi connectivity index (χ0v) is 12.1. The van der Waals surface area contributed by atoms with Gasteiger partial charge in [0.25, 0.3) is 0 Å². The third-order valence-corrected chi connectivity index (χ3v) is 3.29. The summed E-state index contributed by atoms with van der Waals surface area (Å²) in [6.45, 7) is -1.28. The van der Waals surface area contributed by atoms with Crippen LogP contribution in [-0.4, -0.2) is 20.6 Å². The molecule has 0 saturated carbocycles. The fourth-order valence-corrected chi connectivity index (χ4v) is 2.11. The number of hydrogen-bond acceptors (Lipinski definition) is 1. The highest BCUT2D eigenvalue weighted by molar-refractivity contribution is 6.34. The molecule has 2 aromatic rings. The van der Waals surface area contributed by atoms with Crippen molar-refractivity contribution in [1.29, 1.82) is 0 Å². The average molecular weight is 313 g/mol. The Morgan fingerprint density at radius 2 is 1.71 bits per heavy atom. The summed E-state index contributed by atoms with van der Waals surface area (Å²) in [5.74, 6) is 0.200. The molecule has 6 heteroatoms. The van der Waals surface area contributed by atoms with Crippen LogP contribution in [0.5, 0.6) is 5.75 Å². The number of benzene rings is 2. The van der Waals surface area contributed by atoms with E-state index in [9.17, 15) is 13.2 Å². The van der Waals surface area contributed by atoms with Crippen LogP contribution < -0.4 is 10.2 Å². The summed E-state index contributed by atoms with van der Waals surface area (Å²) in [6.07, 6.45) is -3.70. The first-order valence-corrected chi connectivity index (χ1v) is 6.75. The predicted molar refractivity (Wildman–Crippen MR) is 80.4 cm³/mol. The molecule has 0 aliphatic heterocycles. The van der Waals surface area contributed by atoms with Crippen molar-refractivity contribution >= 4 is 24.9 Å². The lowest BCUT2D eigenvalue weighted by atomic mass is 9.92. The Hall–Kier alpha value is -1.62. The number of halogens is 4. The van der Waals surface area contributed by atoms with E-state index in [0.717, 1.165) is 16.6 Å². The van der Waals surface area contributed by atoms with E-state index in [1.807, 2.05) is 26.0 Å². The average Bonchev–Trinajstić information content (AvgIpc) is 2.41. The number of ether oxygens (including phenoxy) is 1. The highest BCUT2D eigenvalue weighted by atomic mass is 35.5. The third kappa shape index (κ3) is 5.01. The maximum atomic E-state index is 12.1. The second-order valence-electron chi connectivity index (χ2n) is 4.82. The van der Waals surface area contributed by atoms with Crippen LogP contribution in [0.1, 0.15) is 11.1 Å². The van der Waals surface area contributed by atoms with Crippen molar-refractivity contribution in [3.8, 4) is 5.75 Å². The molecule has 0 spiro atoms. The molecule has 1 nitrogen and oxygen atoms in total. The summed E-state index contributed by atoms with van der Waals surface area (Å²) in [5.41, 5.74) is 3.06. The summed E-state index contributed by atoms with van der Waals surface area (Å²) in [7, 11) is 1.98. The van der Waals surface area contributed by atoms with Crippen LogP contribution in [0.2, 0.25) is 5.02 Å². The van der Waals surface area contributed by atoms with Gasteiger partial charge in [0, 0.05) is 5.02 Å². The van der Waals surface area contributed by atoms with E-state index in [2.05, 4.69) is 4.74 Å². The van der Waals surface area contributed by atoms with E-state index >= 15 is 0 Å². The molecule has 0 aliphatic carbocycles. The molecule has 0 aliphatic rings. The van der Waals surface area contributed by atoms with Gasteiger partial charge in [0.15, 0.2) is 6.61 Å². The van der Waals surface area contributed by atoms with Gasteiger partial charge in [0.05, 0.1) is 0 Å². The molecule has 0 N–H and O–H groups in total. The van der Waals surface area contributed by atoms with Crippen LogP contribution in [0, 0.1) is 0 Å².